The molecule has 0 N–H and O–H groups in total. The molecule has 0 amide bonds. The maximum Gasteiger partial charge on any atom is 0.164 e. The van der Waals surface area contributed by atoms with Gasteiger partial charge in [0.05, 0.1) is 5.54 Å². The van der Waals surface area contributed by atoms with Gasteiger partial charge in [-0.2, -0.15) is 0 Å². The number of nitrogens with zero attached hydrogens (tertiary/aromatic N) is 2. The van der Waals surface area contributed by atoms with Crippen molar-refractivity contribution in [2.24, 2.45) is 4.99 Å². The van der Waals surface area contributed by atoms with Crippen molar-refractivity contribution in [3.63, 3.8) is 0 Å². The molecule has 0 unspecified atom stereocenters. The van der Waals surface area contributed by atoms with Gasteiger partial charge in [-0.3, -0.25) is 4.99 Å². The molecule has 0 atom stereocenters. The zero-order chi connectivity index (χ0) is 10.9. The lowest BCUT2D eigenvalue weighted by atomic mass is 10.1. The largest absolute Gasteiger partial charge is 0.319 e. The van der Waals surface area contributed by atoms with Crippen LogP contribution in [-0.2, 0) is 0 Å². The average molecular weight is 220 g/mol. The van der Waals surface area contributed by atoms with Crippen molar-refractivity contribution >= 4 is 22.6 Å². The normalized spacial score (nSPS) is 19.1. The highest BCUT2D eigenvalue weighted by atomic mass is 32.2. The predicted octanol–water partition coefficient (Wildman–Crippen LogP) is 3.00. The number of para-hydroxylation sites is 1. The third-order valence-electron chi connectivity index (χ3n) is 2.42. The molecular formula is C12H16N2S. The Morgan fingerprint density at radius 1 is 1.27 bits per heavy atom. The lowest BCUT2D eigenvalue weighted by Gasteiger charge is -2.21. The van der Waals surface area contributed by atoms with Crippen molar-refractivity contribution in [1.82, 2.24) is 0 Å². The maximum atomic E-state index is 4.70. The Kier molecular flexibility index (Phi) is 2.74. The maximum absolute atomic E-state index is 4.70. The first-order valence-corrected chi connectivity index (χ1v) is 6.31. The fourth-order valence-corrected chi connectivity index (χ4v) is 2.50. The van der Waals surface area contributed by atoms with Crippen LogP contribution in [0.25, 0.3) is 0 Å². The van der Waals surface area contributed by atoms with Crippen LogP contribution in [0, 0.1) is 0 Å². The van der Waals surface area contributed by atoms with Crippen LogP contribution in [0.15, 0.2) is 35.3 Å². The van der Waals surface area contributed by atoms with E-state index in [0.29, 0.717) is 0 Å². The molecule has 2 nitrogen and oxygen atoms in total. The van der Waals surface area contributed by atoms with Gasteiger partial charge in [0.25, 0.3) is 0 Å². The first kappa shape index (κ1) is 10.6. The molecule has 0 bridgehead atoms. The van der Waals surface area contributed by atoms with Crippen LogP contribution in [0.1, 0.15) is 13.8 Å². The first-order valence-electron chi connectivity index (χ1n) is 5.09. The second-order valence-corrected chi connectivity index (χ2v) is 5.11. The molecule has 80 valence electrons. The zero-order valence-electron chi connectivity index (χ0n) is 9.40. The summed E-state index contributed by atoms with van der Waals surface area (Å²) in [6.07, 6.45) is 2.08. The number of aliphatic imine (C=N–C) groups is 1. The summed E-state index contributed by atoms with van der Waals surface area (Å²) >= 11 is 1.71. The van der Waals surface area contributed by atoms with Gasteiger partial charge in [0.15, 0.2) is 5.17 Å². The van der Waals surface area contributed by atoms with Gasteiger partial charge in [0.2, 0.25) is 0 Å². The van der Waals surface area contributed by atoms with Gasteiger partial charge in [-0.05, 0) is 32.2 Å². The molecule has 1 aliphatic heterocycles. The molecule has 0 radical (unpaired) electrons. The predicted molar refractivity (Wildman–Crippen MR) is 68.8 cm³/mol. The molecule has 0 spiro atoms. The van der Waals surface area contributed by atoms with E-state index in [4.69, 9.17) is 4.99 Å². The molecule has 15 heavy (non-hydrogen) atoms. The Hall–Kier alpha value is -0.960. The van der Waals surface area contributed by atoms with Crippen molar-refractivity contribution in [3.05, 3.63) is 30.3 Å². The molecule has 2 rings (SSSR count). The Bertz CT molecular complexity index is 370. The standard InChI is InChI=1S/C12H16N2S/c1-12(2)9-14(11(13-12)15-3)10-7-5-4-6-8-10/h4-8H,9H2,1-3H3. The Morgan fingerprint density at radius 3 is 2.53 bits per heavy atom. The summed E-state index contributed by atoms with van der Waals surface area (Å²) in [5, 5.41) is 1.12. The third-order valence-corrected chi connectivity index (χ3v) is 3.10. The number of anilines is 1. The van der Waals surface area contributed by atoms with Crippen LogP contribution < -0.4 is 4.90 Å². The van der Waals surface area contributed by atoms with Gasteiger partial charge in [-0.25, -0.2) is 0 Å². The highest BCUT2D eigenvalue weighted by Crippen LogP contribution is 2.29. The summed E-state index contributed by atoms with van der Waals surface area (Å²) in [5.74, 6) is 0. The minimum atomic E-state index is 0.0359. The van der Waals surface area contributed by atoms with E-state index in [1.54, 1.807) is 11.8 Å². The van der Waals surface area contributed by atoms with Gasteiger partial charge >= 0.3 is 0 Å². The summed E-state index contributed by atoms with van der Waals surface area (Å²) in [5.41, 5.74) is 1.27. The zero-order valence-corrected chi connectivity index (χ0v) is 10.2. The summed E-state index contributed by atoms with van der Waals surface area (Å²) in [7, 11) is 0. The average Bonchev–Trinajstić information content (AvgIpc) is 2.55. The van der Waals surface area contributed by atoms with Gasteiger partial charge in [-0.1, -0.05) is 30.0 Å². The van der Waals surface area contributed by atoms with Crippen LogP contribution in [-0.4, -0.2) is 23.5 Å². The molecule has 0 saturated heterocycles. The van der Waals surface area contributed by atoms with Crippen LogP contribution in [0.5, 0.6) is 0 Å². The van der Waals surface area contributed by atoms with Gasteiger partial charge in [-0.15, -0.1) is 0 Å². The van der Waals surface area contributed by atoms with Crippen molar-refractivity contribution < 1.29 is 0 Å². The van der Waals surface area contributed by atoms with Gasteiger partial charge < -0.3 is 4.90 Å². The topological polar surface area (TPSA) is 15.6 Å². The Balaban J connectivity index is 2.30. The van der Waals surface area contributed by atoms with E-state index in [1.807, 2.05) is 6.07 Å². The van der Waals surface area contributed by atoms with Crippen molar-refractivity contribution in [3.8, 4) is 0 Å². The molecule has 1 aromatic carbocycles. The summed E-state index contributed by atoms with van der Waals surface area (Å²) < 4.78 is 0. The third kappa shape index (κ3) is 2.17. The molecule has 1 heterocycles. The van der Waals surface area contributed by atoms with E-state index in [9.17, 15) is 0 Å². The summed E-state index contributed by atoms with van der Waals surface area (Å²) in [6, 6.07) is 10.4. The monoisotopic (exact) mass is 220 g/mol. The van der Waals surface area contributed by atoms with Crippen LogP contribution in [0.3, 0.4) is 0 Å². The Morgan fingerprint density at radius 2 is 1.93 bits per heavy atom. The lowest BCUT2D eigenvalue weighted by Crippen LogP contribution is -2.31. The van der Waals surface area contributed by atoms with Gasteiger partial charge in [0, 0.05) is 12.2 Å². The highest BCUT2D eigenvalue weighted by Gasteiger charge is 2.31. The van der Waals surface area contributed by atoms with Crippen molar-refractivity contribution in [1.29, 1.82) is 0 Å². The van der Waals surface area contributed by atoms with E-state index >= 15 is 0 Å². The number of hydrogen-bond acceptors (Lipinski definition) is 3. The number of rotatable bonds is 1. The fourth-order valence-electron chi connectivity index (χ4n) is 1.77. The lowest BCUT2D eigenvalue weighted by molar-refractivity contribution is 0.565. The fraction of sp³-hybridized carbons (Fsp3) is 0.417. The SMILES string of the molecule is CSC1=NC(C)(C)CN1c1ccccc1. The molecule has 0 saturated carbocycles. The van der Waals surface area contributed by atoms with E-state index in [0.717, 1.165) is 11.7 Å². The quantitative estimate of drug-likeness (QED) is 0.723. The van der Waals surface area contributed by atoms with E-state index in [2.05, 4.69) is 49.3 Å². The smallest absolute Gasteiger partial charge is 0.164 e. The second kappa shape index (κ2) is 3.89. The molecule has 0 aromatic heterocycles. The first-order chi connectivity index (χ1) is 7.12. The number of hydrogen-bond donors (Lipinski definition) is 0. The molecule has 1 aliphatic rings. The molecular weight excluding hydrogens is 204 g/mol. The van der Waals surface area contributed by atoms with E-state index < -0.39 is 0 Å². The molecule has 0 fully saturated rings. The number of thioether (sulfide) groups is 1. The molecule has 1 aromatic rings. The van der Waals surface area contributed by atoms with Crippen molar-refractivity contribution in [2.75, 3.05) is 17.7 Å². The second-order valence-electron chi connectivity index (χ2n) is 4.33. The number of benzene rings is 1. The minimum absolute atomic E-state index is 0.0359. The van der Waals surface area contributed by atoms with Crippen LogP contribution >= 0.6 is 11.8 Å². The van der Waals surface area contributed by atoms with Crippen LogP contribution in [0.2, 0.25) is 0 Å². The number of amidine groups is 1. The minimum Gasteiger partial charge on any atom is -0.319 e. The van der Waals surface area contributed by atoms with E-state index in [-0.39, 0.29) is 5.54 Å². The summed E-state index contributed by atoms with van der Waals surface area (Å²) in [6.45, 7) is 5.31. The van der Waals surface area contributed by atoms with Crippen molar-refractivity contribution in [2.45, 2.75) is 19.4 Å². The van der Waals surface area contributed by atoms with Crippen LogP contribution in [0.4, 0.5) is 5.69 Å². The molecule has 3 heteroatoms. The van der Waals surface area contributed by atoms with Gasteiger partial charge in [0.1, 0.15) is 0 Å². The van der Waals surface area contributed by atoms with E-state index in [1.165, 1.54) is 5.69 Å². The molecule has 0 aliphatic carbocycles. The highest BCUT2D eigenvalue weighted by molar-refractivity contribution is 8.13. The Labute approximate surface area is 95.4 Å². The summed E-state index contributed by atoms with van der Waals surface area (Å²) in [4.78, 5) is 6.98.